The molecule has 0 aromatic carbocycles. The molecule has 6 nitrogen and oxygen atoms in total. The lowest BCUT2D eigenvalue weighted by molar-refractivity contribution is -0.142. The first-order chi connectivity index (χ1) is 12.0. The van der Waals surface area contributed by atoms with Crippen molar-refractivity contribution in [3.05, 3.63) is 0 Å². The Bertz CT molecular complexity index is 478. The number of amides is 2. The topological polar surface area (TPSA) is 67.9 Å². The van der Waals surface area contributed by atoms with Crippen LogP contribution in [0.2, 0.25) is 0 Å². The minimum Gasteiger partial charge on any atom is -0.381 e. The molecule has 142 valence electrons. The number of ether oxygens (including phenoxy) is 2. The second-order valence-corrected chi connectivity index (χ2v) is 8.40. The number of nitrogens with zero attached hydrogens (tertiary/aromatic N) is 1. The van der Waals surface area contributed by atoms with Gasteiger partial charge in [0.2, 0.25) is 11.8 Å². The van der Waals surface area contributed by atoms with Crippen molar-refractivity contribution in [3.63, 3.8) is 0 Å². The molecule has 2 aliphatic heterocycles. The summed E-state index contributed by atoms with van der Waals surface area (Å²) in [5.74, 6) is 0.164. The quantitative estimate of drug-likeness (QED) is 0.790. The van der Waals surface area contributed by atoms with Crippen LogP contribution in [0.25, 0.3) is 0 Å². The van der Waals surface area contributed by atoms with Crippen LogP contribution in [0.5, 0.6) is 0 Å². The van der Waals surface area contributed by atoms with E-state index in [1.54, 1.807) is 0 Å². The van der Waals surface area contributed by atoms with E-state index in [0.29, 0.717) is 25.8 Å². The summed E-state index contributed by atoms with van der Waals surface area (Å²) in [6.45, 7) is 7.13. The summed E-state index contributed by atoms with van der Waals surface area (Å²) in [7, 11) is 0. The van der Waals surface area contributed by atoms with Crippen LogP contribution in [0.3, 0.4) is 0 Å². The molecule has 2 atom stereocenters. The van der Waals surface area contributed by atoms with E-state index in [1.165, 1.54) is 0 Å². The maximum Gasteiger partial charge on any atom is 0.228 e. The van der Waals surface area contributed by atoms with Crippen LogP contribution in [-0.2, 0) is 19.1 Å². The fourth-order valence-electron chi connectivity index (χ4n) is 3.79. The Hall–Kier alpha value is -1.14. The van der Waals surface area contributed by atoms with E-state index in [2.05, 4.69) is 5.32 Å². The number of hydrogen-bond acceptors (Lipinski definition) is 4. The molecule has 3 aliphatic rings. The molecular weight excluding hydrogens is 320 g/mol. The Morgan fingerprint density at radius 1 is 1.00 bits per heavy atom. The zero-order valence-corrected chi connectivity index (χ0v) is 15.6. The van der Waals surface area contributed by atoms with Gasteiger partial charge in [0.05, 0.1) is 30.6 Å². The summed E-state index contributed by atoms with van der Waals surface area (Å²) in [5.41, 5.74) is -0.442. The molecule has 25 heavy (non-hydrogen) atoms. The largest absolute Gasteiger partial charge is 0.381 e. The fraction of sp³-hybridized carbons (Fsp3) is 0.895. The predicted molar refractivity (Wildman–Crippen MR) is 94.0 cm³/mol. The number of hydrogen-bond donors (Lipinski definition) is 1. The highest BCUT2D eigenvalue weighted by molar-refractivity contribution is 5.81. The Balaban J connectivity index is 1.58. The molecule has 2 heterocycles. The molecule has 2 amide bonds. The van der Waals surface area contributed by atoms with Gasteiger partial charge in [-0.2, -0.15) is 0 Å². The van der Waals surface area contributed by atoms with Crippen molar-refractivity contribution in [2.45, 2.75) is 64.0 Å². The number of carbonyl (C=O) groups is 2. The molecule has 3 rings (SSSR count). The van der Waals surface area contributed by atoms with Crippen molar-refractivity contribution in [1.29, 1.82) is 0 Å². The zero-order chi connectivity index (χ0) is 17.9. The molecule has 0 bridgehead atoms. The van der Waals surface area contributed by atoms with Crippen LogP contribution in [0.1, 0.15) is 52.4 Å². The molecule has 1 aliphatic carbocycles. The summed E-state index contributed by atoms with van der Waals surface area (Å²) in [4.78, 5) is 27.5. The lowest BCUT2D eigenvalue weighted by atomic mass is 9.96. The minimum atomic E-state index is -0.442. The Kier molecular flexibility index (Phi) is 6.00. The van der Waals surface area contributed by atoms with Crippen LogP contribution in [0.4, 0.5) is 0 Å². The Morgan fingerprint density at radius 3 is 2.12 bits per heavy atom. The average molecular weight is 352 g/mol. The van der Waals surface area contributed by atoms with Gasteiger partial charge in [-0.1, -0.05) is 0 Å². The van der Waals surface area contributed by atoms with Crippen LogP contribution < -0.4 is 5.32 Å². The molecule has 1 N–H and O–H groups in total. The van der Waals surface area contributed by atoms with Crippen molar-refractivity contribution in [3.8, 4) is 0 Å². The molecule has 2 unspecified atom stereocenters. The van der Waals surface area contributed by atoms with Crippen molar-refractivity contribution in [1.82, 2.24) is 10.2 Å². The van der Waals surface area contributed by atoms with Gasteiger partial charge in [0.15, 0.2) is 0 Å². The van der Waals surface area contributed by atoms with E-state index in [1.807, 2.05) is 18.7 Å². The van der Waals surface area contributed by atoms with Gasteiger partial charge >= 0.3 is 0 Å². The van der Waals surface area contributed by atoms with E-state index < -0.39 is 5.54 Å². The average Bonchev–Trinajstić information content (AvgIpc) is 3.45. The zero-order valence-electron chi connectivity index (χ0n) is 15.6. The van der Waals surface area contributed by atoms with Gasteiger partial charge in [-0.05, 0) is 52.4 Å². The molecular formula is C19H32N2O4. The number of rotatable bonds is 6. The SMILES string of the molecule is CC(C)(CN(C(=O)C1CCCOC1)C1CC1)NC(=O)C1CCCOC1. The molecule has 0 spiro atoms. The normalized spacial score (nSPS) is 27.6. The van der Waals surface area contributed by atoms with E-state index in [-0.39, 0.29) is 23.7 Å². The van der Waals surface area contributed by atoms with Crippen molar-refractivity contribution in [2.24, 2.45) is 11.8 Å². The maximum absolute atomic E-state index is 13.0. The summed E-state index contributed by atoms with van der Waals surface area (Å²) in [5, 5.41) is 3.15. The summed E-state index contributed by atoms with van der Waals surface area (Å²) < 4.78 is 10.9. The Morgan fingerprint density at radius 2 is 1.60 bits per heavy atom. The maximum atomic E-state index is 13.0. The van der Waals surface area contributed by atoms with Crippen LogP contribution in [0.15, 0.2) is 0 Å². The van der Waals surface area contributed by atoms with Gasteiger partial charge in [0.1, 0.15) is 0 Å². The second-order valence-electron chi connectivity index (χ2n) is 8.40. The van der Waals surface area contributed by atoms with E-state index in [0.717, 1.165) is 51.7 Å². The van der Waals surface area contributed by atoms with Gasteiger partial charge in [0.25, 0.3) is 0 Å². The molecule has 2 saturated heterocycles. The lowest BCUT2D eigenvalue weighted by Gasteiger charge is -2.37. The second kappa shape index (κ2) is 8.04. The highest BCUT2D eigenvalue weighted by Crippen LogP contribution is 2.31. The molecule has 3 fully saturated rings. The summed E-state index contributed by atoms with van der Waals surface area (Å²) >= 11 is 0. The monoisotopic (exact) mass is 352 g/mol. The lowest BCUT2D eigenvalue weighted by Crippen LogP contribution is -2.56. The van der Waals surface area contributed by atoms with Crippen LogP contribution in [-0.4, -0.2) is 61.3 Å². The number of nitrogens with one attached hydrogen (secondary N) is 1. The number of carbonyl (C=O) groups excluding carboxylic acids is 2. The minimum absolute atomic E-state index is 0.0207. The van der Waals surface area contributed by atoms with E-state index in [4.69, 9.17) is 9.47 Å². The first-order valence-electron chi connectivity index (χ1n) is 9.74. The first-order valence-corrected chi connectivity index (χ1v) is 9.74. The van der Waals surface area contributed by atoms with Crippen molar-refractivity contribution in [2.75, 3.05) is 33.0 Å². The third-order valence-corrected chi connectivity index (χ3v) is 5.34. The van der Waals surface area contributed by atoms with Gasteiger partial charge in [-0.3, -0.25) is 9.59 Å². The molecule has 0 radical (unpaired) electrons. The third-order valence-electron chi connectivity index (χ3n) is 5.34. The van der Waals surface area contributed by atoms with E-state index in [9.17, 15) is 9.59 Å². The van der Waals surface area contributed by atoms with Gasteiger partial charge < -0.3 is 19.7 Å². The molecule has 1 saturated carbocycles. The standard InChI is InChI=1S/C19H32N2O4/c1-19(2,20-17(22)14-5-3-9-24-11-14)13-21(16-7-8-16)18(23)15-6-4-10-25-12-15/h14-16H,3-13H2,1-2H3,(H,20,22). The summed E-state index contributed by atoms with van der Waals surface area (Å²) in [6.07, 6.45) is 5.82. The molecule has 0 aromatic heterocycles. The predicted octanol–water partition coefficient (Wildman–Crippen LogP) is 1.73. The molecule has 0 aromatic rings. The van der Waals surface area contributed by atoms with E-state index >= 15 is 0 Å². The smallest absolute Gasteiger partial charge is 0.228 e. The van der Waals surface area contributed by atoms with Gasteiger partial charge in [-0.25, -0.2) is 0 Å². The van der Waals surface area contributed by atoms with Crippen LogP contribution >= 0.6 is 0 Å². The highest BCUT2D eigenvalue weighted by Gasteiger charge is 2.40. The van der Waals surface area contributed by atoms with Gasteiger partial charge in [0, 0.05) is 25.8 Å². The fourth-order valence-corrected chi connectivity index (χ4v) is 3.79. The summed E-state index contributed by atoms with van der Waals surface area (Å²) in [6, 6.07) is 0.337. The molecule has 6 heteroatoms. The first kappa shape index (κ1) is 18.6. The third kappa shape index (κ3) is 5.17. The van der Waals surface area contributed by atoms with Gasteiger partial charge in [-0.15, -0.1) is 0 Å². The van der Waals surface area contributed by atoms with Crippen LogP contribution in [0, 0.1) is 11.8 Å². The van der Waals surface area contributed by atoms with Crippen molar-refractivity contribution < 1.29 is 19.1 Å². The highest BCUT2D eigenvalue weighted by atomic mass is 16.5. The Labute approximate surface area is 150 Å². The van der Waals surface area contributed by atoms with Crippen molar-refractivity contribution >= 4 is 11.8 Å².